The molecule has 0 bridgehead atoms. The van der Waals surface area contributed by atoms with E-state index in [-0.39, 0.29) is 30.5 Å². The van der Waals surface area contributed by atoms with E-state index < -0.39 is 4.92 Å². The van der Waals surface area contributed by atoms with Crippen molar-refractivity contribution in [3.63, 3.8) is 0 Å². The number of hydrogen-bond donors (Lipinski definition) is 1. The Morgan fingerprint density at radius 3 is 2.48 bits per heavy atom. The normalized spacial score (nSPS) is 9.65. The second-order valence-electron chi connectivity index (χ2n) is 4.98. The molecule has 0 saturated carbocycles. The number of non-ortho nitro benzene ring substituents is 1. The van der Waals surface area contributed by atoms with Crippen molar-refractivity contribution >= 4 is 23.0 Å². The number of hydrogen-bond acceptors (Lipinski definition) is 4. The van der Waals surface area contributed by atoms with E-state index in [4.69, 9.17) is 0 Å². The molecule has 1 heterocycles. The largest absolute Gasteiger partial charge is 1.00 e. The summed E-state index contributed by atoms with van der Waals surface area (Å²) in [4.78, 5) is 24.1. The van der Waals surface area contributed by atoms with Gasteiger partial charge in [-0.1, -0.05) is 6.07 Å². The van der Waals surface area contributed by atoms with Gasteiger partial charge in [0.2, 0.25) is 6.54 Å². The van der Waals surface area contributed by atoms with E-state index >= 15 is 0 Å². The molecule has 0 radical (unpaired) electrons. The third kappa shape index (κ3) is 5.23. The van der Waals surface area contributed by atoms with Gasteiger partial charge in [-0.15, -0.1) is 0 Å². The van der Waals surface area contributed by atoms with Gasteiger partial charge in [-0.3, -0.25) is 14.9 Å². The summed E-state index contributed by atoms with van der Waals surface area (Å²) in [5.74, 6) is -0.247. The summed E-state index contributed by atoms with van der Waals surface area (Å²) in [7, 11) is 3.88. The van der Waals surface area contributed by atoms with Crippen LogP contribution in [0.4, 0.5) is 17.1 Å². The molecule has 8 heteroatoms. The Kier molecular flexibility index (Phi) is 6.47. The van der Waals surface area contributed by atoms with Crippen molar-refractivity contribution in [3.8, 4) is 0 Å². The number of pyridine rings is 1. The summed E-state index contributed by atoms with van der Waals surface area (Å²) in [5, 5.41) is 13.4. The lowest BCUT2D eigenvalue weighted by Crippen LogP contribution is -3.00. The Labute approximate surface area is 140 Å². The van der Waals surface area contributed by atoms with Crippen molar-refractivity contribution in [3.05, 3.63) is 58.9 Å². The fraction of sp³-hybridized carbons (Fsp3) is 0.200. The maximum atomic E-state index is 12.0. The van der Waals surface area contributed by atoms with Crippen LogP contribution in [0.3, 0.4) is 0 Å². The first kappa shape index (κ1) is 18.4. The van der Waals surface area contributed by atoms with Crippen LogP contribution in [0.5, 0.6) is 0 Å². The predicted molar refractivity (Wildman–Crippen MR) is 82.7 cm³/mol. The first-order valence-corrected chi connectivity index (χ1v) is 6.66. The number of benzene rings is 1. The zero-order valence-corrected chi connectivity index (χ0v) is 13.5. The van der Waals surface area contributed by atoms with Gasteiger partial charge in [-0.25, -0.2) is 0 Å². The Balaban J connectivity index is 0.00000264. The van der Waals surface area contributed by atoms with Gasteiger partial charge in [-0.2, -0.15) is 4.57 Å². The molecule has 0 aliphatic rings. The van der Waals surface area contributed by atoms with E-state index in [9.17, 15) is 14.9 Å². The number of nitrogens with zero attached hydrogens (tertiary/aromatic N) is 3. The molecule has 1 aromatic carbocycles. The van der Waals surface area contributed by atoms with Crippen LogP contribution in [0, 0.1) is 10.1 Å². The highest BCUT2D eigenvalue weighted by molar-refractivity contribution is 5.90. The first-order valence-electron chi connectivity index (χ1n) is 6.66. The number of carbonyl (C=O) groups excluding carboxylic acids is 1. The van der Waals surface area contributed by atoms with Crippen molar-refractivity contribution in [1.82, 2.24) is 0 Å². The third-order valence-corrected chi connectivity index (χ3v) is 3.06. The molecule has 0 atom stereocenters. The number of nitro groups is 1. The lowest BCUT2D eigenvalue weighted by Gasteiger charge is -2.10. The SMILES string of the molecule is CN(C)c1cc[n+](CC(=O)Nc2cccc([N+](=O)[O-])c2)cc1.[Cl-]. The highest BCUT2D eigenvalue weighted by atomic mass is 35.5. The molecule has 0 aliphatic heterocycles. The number of nitro benzene ring substituents is 1. The first-order chi connectivity index (χ1) is 10.5. The van der Waals surface area contributed by atoms with Gasteiger partial charge in [0, 0.05) is 49.7 Å². The van der Waals surface area contributed by atoms with Crippen molar-refractivity contribution in [2.45, 2.75) is 6.54 Å². The van der Waals surface area contributed by atoms with Crippen LogP contribution >= 0.6 is 0 Å². The van der Waals surface area contributed by atoms with Gasteiger partial charge in [0.05, 0.1) is 4.92 Å². The molecule has 2 aromatic rings. The number of anilines is 2. The van der Waals surface area contributed by atoms with E-state index in [0.717, 1.165) is 5.69 Å². The lowest BCUT2D eigenvalue weighted by molar-refractivity contribution is -0.684. The van der Waals surface area contributed by atoms with Gasteiger partial charge in [0.15, 0.2) is 12.4 Å². The summed E-state index contributed by atoms with van der Waals surface area (Å²) >= 11 is 0. The number of rotatable bonds is 5. The zero-order valence-electron chi connectivity index (χ0n) is 12.8. The van der Waals surface area contributed by atoms with Crippen molar-refractivity contribution < 1.29 is 26.7 Å². The molecule has 1 amide bonds. The highest BCUT2D eigenvalue weighted by Crippen LogP contribution is 2.16. The van der Waals surface area contributed by atoms with Crippen LogP contribution in [-0.2, 0) is 11.3 Å². The standard InChI is InChI=1S/C15H16N4O3.ClH/c1-17(2)13-6-8-18(9-7-13)11-15(20)16-12-4-3-5-14(10-12)19(21)22;/h3-10H,11H2,1-2H3;1H. The Morgan fingerprint density at radius 1 is 1.26 bits per heavy atom. The fourth-order valence-electron chi connectivity index (χ4n) is 1.92. The average Bonchev–Trinajstić information content (AvgIpc) is 2.47. The number of amides is 1. The maximum absolute atomic E-state index is 12.0. The topological polar surface area (TPSA) is 79.4 Å². The minimum absolute atomic E-state index is 0. The van der Waals surface area contributed by atoms with E-state index in [1.54, 1.807) is 10.6 Å². The second-order valence-corrected chi connectivity index (χ2v) is 4.98. The van der Waals surface area contributed by atoms with Crippen molar-refractivity contribution in [2.75, 3.05) is 24.3 Å². The van der Waals surface area contributed by atoms with Gasteiger partial charge in [0.25, 0.3) is 11.6 Å². The molecule has 0 unspecified atom stereocenters. The minimum atomic E-state index is -0.496. The average molecular weight is 337 g/mol. The van der Waals surface area contributed by atoms with E-state index in [0.29, 0.717) is 5.69 Å². The highest BCUT2D eigenvalue weighted by Gasteiger charge is 2.12. The number of halogens is 1. The molecule has 0 spiro atoms. The molecule has 1 N–H and O–H groups in total. The molecule has 23 heavy (non-hydrogen) atoms. The number of aromatic nitrogens is 1. The molecular formula is C15H17ClN4O3. The Morgan fingerprint density at radius 2 is 1.91 bits per heavy atom. The summed E-state index contributed by atoms with van der Waals surface area (Å²) in [6, 6.07) is 9.67. The van der Waals surface area contributed by atoms with Crippen molar-refractivity contribution in [1.29, 1.82) is 0 Å². The van der Waals surface area contributed by atoms with Crippen LogP contribution in [0.2, 0.25) is 0 Å². The van der Waals surface area contributed by atoms with E-state index in [2.05, 4.69) is 5.32 Å². The Hall–Kier alpha value is -2.67. The second kappa shape index (κ2) is 8.09. The van der Waals surface area contributed by atoms with Gasteiger partial charge in [-0.05, 0) is 6.07 Å². The van der Waals surface area contributed by atoms with Crippen LogP contribution in [0.15, 0.2) is 48.8 Å². The quantitative estimate of drug-likeness (QED) is 0.413. The maximum Gasteiger partial charge on any atom is 0.290 e. The summed E-state index contributed by atoms with van der Waals surface area (Å²) < 4.78 is 1.74. The van der Waals surface area contributed by atoms with Crippen LogP contribution < -0.4 is 27.2 Å². The van der Waals surface area contributed by atoms with Gasteiger partial charge >= 0.3 is 0 Å². The number of nitrogens with one attached hydrogen (secondary N) is 1. The van der Waals surface area contributed by atoms with Gasteiger partial charge < -0.3 is 22.6 Å². The summed E-state index contributed by atoms with van der Waals surface area (Å²) in [6.07, 6.45) is 3.62. The van der Waals surface area contributed by atoms with Crippen molar-refractivity contribution in [2.24, 2.45) is 0 Å². The fourth-order valence-corrected chi connectivity index (χ4v) is 1.92. The summed E-state index contributed by atoms with van der Waals surface area (Å²) in [5.41, 5.74) is 1.39. The zero-order chi connectivity index (χ0) is 16.1. The molecule has 1 aromatic heterocycles. The molecule has 122 valence electrons. The molecule has 0 fully saturated rings. The smallest absolute Gasteiger partial charge is 0.290 e. The lowest BCUT2D eigenvalue weighted by atomic mass is 10.3. The molecular weight excluding hydrogens is 320 g/mol. The van der Waals surface area contributed by atoms with Crippen LogP contribution in [-0.4, -0.2) is 24.9 Å². The van der Waals surface area contributed by atoms with E-state index in [1.807, 2.05) is 43.5 Å². The third-order valence-electron chi connectivity index (χ3n) is 3.06. The minimum Gasteiger partial charge on any atom is -1.00 e. The molecule has 2 rings (SSSR count). The van der Waals surface area contributed by atoms with Crippen LogP contribution in [0.1, 0.15) is 0 Å². The van der Waals surface area contributed by atoms with Gasteiger partial charge in [0.1, 0.15) is 0 Å². The molecule has 7 nitrogen and oxygen atoms in total. The number of carbonyl (C=O) groups is 1. The summed E-state index contributed by atoms with van der Waals surface area (Å²) in [6.45, 7) is 0.135. The van der Waals surface area contributed by atoms with Crippen LogP contribution in [0.25, 0.3) is 0 Å². The Bertz CT molecular complexity index is 689. The molecule has 0 aliphatic carbocycles. The molecule has 0 saturated heterocycles. The van der Waals surface area contributed by atoms with E-state index in [1.165, 1.54) is 18.2 Å². The predicted octanol–water partition coefficient (Wildman–Crippen LogP) is -1.41. The monoisotopic (exact) mass is 336 g/mol.